The van der Waals surface area contributed by atoms with Crippen molar-refractivity contribution >= 4 is 9.46 Å². The Balaban J connectivity index is 2.70. The van der Waals surface area contributed by atoms with Crippen molar-refractivity contribution in [2.75, 3.05) is 0 Å². The van der Waals surface area contributed by atoms with E-state index in [0.717, 1.165) is 16.7 Å². The lowest BCUT2D eigenvalue weighted by atomic mass is 10.0. The molecule has 0 N–H and O–H groups in total. The number of rotatable bonds is 3. The van der Waals surface area contributed by atoms with Crippen LogP contribution in [0.2, 0.25) is 6.04 Å². The minimum atomic E-state index is -3.06. The molecule has 0 saturated carbocycles. The van der Waals surface area contributed by atoms with Crippen molar-refractivity contribution in [2.24, 2.45) is 0 Å². The number of hydrogen-bond donors (Lipinski definition) is 0. The van der Waals surface area contributed by atoms with E-state index < -0.39 is 9.46 Å². The molecule has 0 spiro atoms. The summed E-state index contributed by atoms with van der Waals surface area (Å²) in [4.78, 5) is 0. The van der Waals surface area contributed by atoms with E-state index >= 15 is 0 Å². The van der Waals surface area contributed by atoms with Gasteiger partial charge in [0.15, 0.2) is 0 Å². The highest BCUT2D eigenvalue weighted by atomic mass is 28.4. The van der Waals surface area contributed by atoms with Gasteiger partial charge in [0.1, 0.15) is 0 Å². The van der Waals surface area contributed by atoms with E-state index in [0.29, 0.717) is 6.42 Å². The Kier molecular flexibility index (Phi) is 3.60. The van der Waals surface area contributed by atoms with Gasteiger partial charge in [0.25, 0.3) is 0 Å². The maximum Gasteiger partial charge on any atom is 0.477 e. The molecule has 0 bridgehead atoms. The van der Waals surface area contributed by atoms with Gasteiger partial charge in [-0.3, -0.25) is 8.22 Å². The van der Waals surface area contributed by atoms with Gasteiger partial charge in [0.05, 0.1) is 0 Å². The third-order valence-corrected chi connectivity index (χ3v) is 2.72. The third-order valence-electron chi connectivity index (χ3n) is 2.09. The van der Waals surface area contributed by atoms with Crippen molar-refractivity contribution in [2.45, 2.75) is 26.3 Å². The van der Waals surface area contributed by atoms with Gasteiger partial charge in [-0.05, 0) is 31.4 Å². The summed E-state index contributed by atoms with van der Waals surface area (Å²) in [5.74, 6) is 0. The molecule has 0 aliphatic rings. The summed E-state index contributed by atoms with van der Waals surface area (Å²) in [6, 6.07) is 6.07. The molecule has 1 radical (unpaired) electrons. The molecule has 0 aliphatic carbocycles. The normalized spacial score (nSPS) is 10.8. The Labute approximate surface area is 79.5 Å². The molecule has 1 aromatic carbocycles. The minimum absolute atomic E-state index is 0.0644. The largest absolute Gasteiger partial charge is 0.477 e. The number of benzene rings is 1. The highest BCUT2D eigenvalue weighted by Gasteiger charge is 2.10. The van der Waals surface area contributed by atoms with E-state index in [-0.39, 0.29) is 6.04 Å². The van der Waals surface area contributed by atoms with Crippen molar-refractivity contribution in [1.29, 1.82) is 0 Å². The van der Waals surface area contributed by atoms with Gasteiger partial charge < -0.3 is 0 Å². The van der Waals surface area contributed by atoms with Crippen LogP contribution < -0.4 is 0 Å². The fraction of sp³-hybridized carbons (Fsp3) is 0.400. The van der Waals surface area contributed by atoms with Gasteiger partial charge in [-0.2, -0.15) is 0 Å². The van der Waals surface area contributed by atoms with Crippen LogP contribution in [-0.2, 0) is 6.42 Å². The van der Waals surface area contributed by atoms with Crippen LogP contribution >= 0.6 is 0 Å². The van der Waals surface area contributed by atoms with Crippen LogP contribution in [0, 0.1) is 13.8 Å². The molecule has 0 aliphatic heterocycles. The van der Waals surface area contributed by atoms with E-state index in [1.807, 2.05) is 32.0 Å². The summed E-state index contributed by atoms with van der Waals surface area (Å²) in [6.07, 6.45) is 0.523. The maximum atomic E-state index is 12.1. The zero-order valence-corrected chi connectivity index (χ0v) is 8.90. The molecule has 0 nitrogen and oxygen atoms in total. The Morgan fingerprint density at radius 2 is 1.92 bits per heavy atom. The Morgan fingerprint density at radius 3 is 2.54 bits per heavy atom. The van der Waals surface area contributed by atoms with Crippen LogP contribution in [0.25, 0.3) is 0 Å². The van der Waals surface area contributed by atoms with Crippen molar-refractivity contribution in [3.05, 3.63) is 34.9 Å². The van der Waals surface area contributed by atoms with E-state index in [2.05, 4.69) is 0 Å². The lowest BCUT2D eigenvalue weighted by Crippen LogP contribution is -1.99. The Hall–Kier alpha value is -0.703. The second kappa shape index (κ2) is 4.51. The SMILES string of the molecule is Cc1ccc(C)c(CC[Si](F)F)c1. The minimum Gasteiger partial charge on any atom is -0.268 e. The molecule has 0 heterocycles. The number of halogens is 2. The summed E-state index contributed by atoms with van der Waals surface area (Å²) in [6.45, 7) is 3.96. The Bertz CT molecular complexity index is 284. The number of aryl methyl sites for hydroxylation is 3. The molecule has 0 atom stereocenters. The average molecular weight is 199 g/mol. The lowest BCUT2D eigenvalue weighted by Gasteiger charge is -2.05. The average Bonchev–Trinajstić information content (AvgIpc) is 2.06. The quantitative estimate of drug-likeness (QED) is 0.517. The summed E-state index contributed by atoms with van der Waals surface area (Å²) in [5.41, 5.74) is 3.33. The zero-order chi connectivity index (χ0) is 9.84. The van der Waals surface area contributed by atoms with Crippen molar-refractivity contribution < 1.29 is 8.22 Å². The molecule has 0 fully saturated rings. The first-order valence-corrected chi connectivity index (χ1v) is 5.79. The molecule has 13 heavy (non-hydrogen) atoms. The zero-order valence-electron chi connectivity index (χ0n) is 7.90. The van der Waals surface area contributed by atoms with Crippen molar-refractivity contribution in [1.82, 2.24) is 0 Å². The maximum absolute atomic E-state index is 12.1. The summed E-state index contributed by atoms with van der Waals surface area (Å²) in [7, 11) is -3.06. The van der Waals surface area contributed by atoms with E-state index in [1.165, 1.54) is 0 Å². The molecule has 1 rings (SSSR count). The molecule has 71 valence electrons. The third kappa shape index (κ3) is 3.26. The van der Waals surface area contributed by atoms with Crippen LogP contribution in [0.1, 0.15) is 16.7 Å². The van der Waals surface area contributed by atoms with Gasteiger partial charge in [0, 0.05) is 6.04 Å². The molecular weight excluding hydrogens is 186 g/mol. The first kappa shape index (κ1) is 10.4. The summed E-state index contributed by atoms with van der Waals surface area (Å²) >= 11 is 0. The number of hydrogen-bond acceptors (Lipinski definition) is 0. The monoisotopic (exact) mass is 199 g/mol. The standard InChI is InChI=1S/C10H13F2Si/c1-8-3-4-9(2)10(7-8)5-6-13(11)12/h3-4,7H,5-6H2,1-2H3. The van der Waals surface area contributed by atoms with Crippen molar-refractivity contribution in [3.8, 4) is 0 Å². The predicted molar refractivity (Wildman–Crippen MR) is 52.4 cm³/mol. The molecule has 0 saturated heterocycles. The van der Waals surface area contributed by atoms with Gasteiger partial charge in [-0.15, -0.1) is 0 Å². The Morgan fingerprint density at radius 1 is 1.23 bits per heavy atom. The topological polar surface area (TPSA) is 0 Å². The lowest BCUT2D eigenvalue weighted by molar-refractivity contribution is 0.650. The van der Waals surface area contributed by atoms with Gasteiger partial charge in [0.2, 0.25) is 0 Å². The molecule has 3 heteroatoms. The second-order valence-corrected chi connectivity index (χ2v) is 4.45. The first-order valence-electron chi connectivity index (χ1n) is 4.32. The smallest absolute Gasteiger partial charge is 0.268 e. The second-order valence-electron chi connectivity index (χ2n) is 3.27. The van der Waals surface area contributed by atoms with Gasteiger partial charge in [-0.1, -0.05) is 23.8 Å². The fourth-order valence-electron chi connectivity index (χ4n) is 1.30. The predicted octanol–water partition coefficient (Wildman–Crippen LogP) is 3.27. The summed E-state index contributed by atoms with van der Waals surface area (Å²) < 4.78 is 24.1. The van der Waals surface area contributed by atoms with Crippen molar-refractivity contribution in [3.63, 3.8) is 0 Å². The molecule has 0 aromatic heterocycles. The van der Waals surface area contributed by atoms with Crippen LogP contribution in [0.5, 0.6) is 0 Å². The molecule has 0 amide bonds. The molecular formula is C10H13F2Si. The summed E-state index contributed by atoms with van der Waals surface area (Å²) in [5, 5.41) is 0. The fourth-order valence-corrected chi connectivity index (χ4v) is 1.76. The highest BCUT2D eigenvalue weighted by Crippen LogP contribution is 2.14. The highest BCUT2D eigenvalue weighted by molar-refractivity contribution is 6.42. The van der Waals surface area contributed by atoms with Crippen LogP contribution in [0.4, 0.5) is 8.22 Å². The van der Waals surface area contributed by atoms with Crippen LogP contribution in [-0.4, -0.2) is 9.46 Å². The van der Waals surface area contributed by atoms with E-state index in [4.69, 9.17) is 0 Å². The molecule has 1 aromatic rings. The van der Waals surface area contributed by atoms with E-state index in [1.54, 1.807) is 0 Å². The molecule has 0 unspecified atom stereocenters. The van der Waals surface area contributed by atoms with Crippen LogP contribution in [0.15, 0.2) is 18.2 Å². The van der Waals surface area contributed by atoms with Crippen LogP contribution in [0.3, 0.4) is 0 Å². The first-order chi connectivity index (χ1) is 6.09. The van der Waals surface area contributed by atoms with Gasteiger partial charge in [-0.25, -0.2) is 0 Å². The van der Waals surface area contributed by atoms with Gasteiger partial charge >= 0.3 is 9.46 Å². The van der Waals surface area contributed by atoms with E-state index in [9.17, 15) is 8.22 Å².